The highest BCUT2D eigenvalue weighted by Gasteiger charge is 2.45. The first-order valence-electron chi connectivity index (χ1n) is 11.5. The van der Waals surface area contributed by atoms with Gasteiger partial charge in [0.2, 0.25) is 5.91 Å². The molecule has 2 aromatic carbocycles. The molecule has 0 radical (unpaired) electrons. The number of benzene rings is 2. The van der Waals surface area contributed by atoms with E-state index < -0.39 is 29.8 Å². The zero-order chi connectivity index (χ0) is 26.7. The van der Waals surface area contributed by atoms with Gasteiger partial charge in [0, 0.05) is 5.69 Å². The third-order valence-electron chi connectivity index (χ3n) is 5.86. The number of rotatable bonds is 8. The number of thiocarbonyl (C=S) groups is 1. The lowest BCUT2D eigenvalue weighted by Crippen LogP contribution is -2.42. The molecule has 1 unspecified atom stereocenters. The topological polar surface area (TPSA) is 132 Å². The van der Waals surface area contributed by atoms with Crippen molar-refractivity contribution in [1.82, 2.24) is 10.2 Å². The Labute approximate surface area is 218 Å². The minimum atomic E-state index is -0.970. The van der Waals surface area contributed by atoms with Crippen LogP contribution >= 0.6 is 12.2 Å². The number of carbonyl (C=O) groups excluding carboxylic acids is 3. The molecule has 2 heterocycles. The summed E-state index contributed by atoms with van der Waals surface area (Å²) < 4.78 is 10.9. The SMILES string of the molecule is CCOC(=O)c1ccc(NC(=O)CC2C(=O)N(c3ccc(C)cc3)C(=S)N2Cc2c([O-])on[n+]2C)cc1. The summed E-state index contributed by atoms with van der Waals surface area (Å²) in [4.78, 5) is 41.2. The van der Waals surface area contributed by atoms with Gasteiger partial charge in [-0.15, -0.1) is 0 Å². The lowest BCUT2D eigenvalue weighted by atomic mass is 10.1. The summed E-state index contributed by atoms with van der Waals surface area (Å²) >= 11 is 5.63. The molecule has 1 atom stereocenters. The van der Waals surface area contributed by atoms with Gasteiger partial charge >= 0.3 is 5.97 Å². The van der Waals surface area contributed by atoms with Gasteiger partial charge in [0.05, 0.1) is 29.5 Å². The molecule has 1 aliphatic rings. The van der Waals surface area contributed by atoms with Crippen molar-refractivity contribution in [1.29, 1.82) is 0 Å². The normalized spacial score (nSPS) is 15.3. The summed E-state index contributed by atoms with van der Waals surface area (Å²) in [7, 11) is 1.54. The van der Waals surface area contributed by atoms with Gasteiger partial charge in [0.1, 0.15) is 12.6 Å². The molecule has 0 aliphatic carbocycles. The highest BCUT2D eigenvalue weighted by Crippen LogP contribution is 2.29. The molecular weight excluding hydrogens is 498 g/mol. The van der Waals surface area contributed by atoms with Gasteiger partial charge in [-0.2, -0.15) is 0 Å². The van der Waals surface area contributed by atoms with Gasteiger partial charge < -0.3 is 24.6 Å². The van der Waals surface area contributed by atoms with Crippen molar-refractivity contribution in [2.75, 3.05) is 16.8 Å². The van der Waals surface area contributed by atoms with Crippen LogP contribution < -0.4 is 20.0 Å². The number of carbonyl (C=O) groups is 3. The molecular formula is C25H25N5O6S. The maximum absolute atomic E-state index is 13.5. The largest absolute Gasteiger partial charge is 0.539 e. The third-order valence-corrected chi connectivity index (χ3v) is 6.28. The van der Waals surface area contributed by atoms with Gasteiger partial charge in [-0.1, -0.05) is 22.4 Å². The van der Waals surface area contributed by atoms with E-state index in [0.717, 1.165) is 5.56 Å². The number of ether oxygens (including phenoxy) is 1. The molecule has 3 aromatic rings. The predicted octanol–water partition coefficient (Wildman–Crippen LogP) is 1.59. The number of esters is 1. The Hall–Kier alpha value is -4.32. The van der Waals surface area contributed by atoms with Crippen molar-refractivity contribution in [3.63, 3.8) is 0 Å². The zero-order valence-electron chi connectivity index (χ0n) is 20.5. The van der Waals surface area contributed by atoms with Crippen LogP contribution in [-0.4, -0.2) is 45.7 Å². The van der Waals surface area contributed by atoms with Gasteiger partial charge in [-0.05, 0) is 62.5 Å². The molecule has 0 saturated carbocycles. The first kappa shape index (κ1) is 25.8. The number of nitrogens with zero attached hydrogens (tertiary/aromatic N) is 4. The van der Waals surface area contributed by atoms with Crippen molar-refractivity contribution in [2.45, 2.75) is 32.9 Å². The van der Waals surface area contributed by atoms with Crippen LogP contribution in [0, 0.1) is 6.92 Å². The average molecular weight is 524 g/mol. The van der Waals surface area contributed by atoms with Crippen molar-refractivity contribution in [2.24, 2.45) is 7.05 Å². The Kier molecular flexibility index (Phi) is 7.48. The van der Waals surface area contributed by atoms with Gasteiger partial charge in [-0.3, -0.25) is 14.5 Å². The second-order valence-corrected chi connectivity index (χ2v) is 8.78. The Balaban J connectivity index is 1.56. The Morgan fingerprint density at radius 3 is 2.46 bits per heavy atom. The van der Waals surface area contributed by atoms with E-state index in [0.29, 0.717) is 16.9 Å². The highest BCUT2D eigenvalue weighted by molar-refractivity contribution is 7.80. The minimum Gasteiger partial charge on any atom is -0.539 e. The molecule has 1 N–H and O–H groups in total. The first-order chi connectivity index (χ1) is 17.7. The average Bonchev–Trinajstić information content (AvgIpc) is 3.30. The quantitative estimate of drug-likeness (QED) is 0.266. The van der Waals surface area contributed by atoms with Crippen LogP contribution in [0.25, 0.3) is 0 Å². The minimum absolute atomic E-state index is 0.0715. The van der Waals surface area contributed by atoms with E-state index in [1.54, 1.807) is 38.2 Å². The zero-order valence-corrected chi connectivity index (χ0v) is 21.3. The number of aromatic nitrogens is 2. The van der Waals surface area contributed by atoms with Crippen molar-refractivity contribution in [3.05, 3.63) is 65.4 Å². The van der Waals surface area contributed by atoms with E-state index in [1.807, 2.05) is 19.1 Å². The van der Waals surface area contributed by atoms with E-state index in [-0.39, 0.29) is 30.4 Å². The Morgan fingerprint density at radius 2 is 1.86 bits per heavy atom. The molecule has 1 aromatic heterocycles. The summed E-state index contributed by atoms with van der Waals surface area (Å²) in [5.41, 5.74) is 2.54. The lowest BCUT2D eigenvalue weighted by molar-refractivity contribution is -0.746. The van der Waals surface area contributed by atoms with Crippen LogP contribution in [0.2, 0.25) is 0 Å². The summed E-state index contributed by atoms with van der Waals surface area (Å²) in [6.07, 6.45) is -0.232. The number of anilines is 2. The van der Waals surface area contributed by atoms with E-state index in [2.05, 4.69) is 10.6 Å². The molecule has 1 saturated heterocycles. The lowest BCUT2D eigenvalue weighted by Gasteiger charge is -2.22. The van der Waals surface area contributed by atoms with Crippen molar-refractivity contribution in [3.8, 4) is 5.95 Å². The summed E-state index contributed by atoms with van der Waals surface area (Å²) in [5.74, 6) is -1.96. The maximum atomic E-state index is 13.5. The standard InChI is InChI=1S/C25H25N5O6S/c1-4-35-23(33)16-7-9-17(10-8-16)26-21(31)13-19-22(32)30(18-11-5-15(2)6-12-18)25(37)29(19)14-20-24(34)36-27-28(20)3/h5-12,19H,4,13-14H2,1-3H3,(H-,26,27,31,33,34). The fraction of sp³-hybridized carbons (Fsp3) is 0.280. The van der Waals surface area contributed by atoms with E-state index >= 15 is 0 Å². The smallest absolute Gasteiger partial charge is 0.338 e. The number of nitrogens with one attached hydrogen (secondary N) is 1. The third kappa shape index (κ3) is 5.43. The van der Waals surface area contributed by atoms with Crippen LogP contribution in [0.4, 0.5) is 11.4 Å². The molecule has 12 heteroatoms. The summed E-state index contributed by atoms with van der Waals surface area (Å²) in [5, 5.41) is 18.7. The number of amides is 2. The second kappa shape index (κ2) is 10.7. The molecule has 11 nitrogen and oxygen atoms in total. The number of hydrogen-bond acceptors (Lipinski definition) is 8. The van der Waals surface area contributed by atoms with Gasteiger partial charge in [0.15, 0.2) is 18.1 Å². The van der Waals surface area contributed by atoms with Gasteiger partial charge in [0.25, 0.3) is 11.6 Å². The maximum Gasteiger partial charge on any atom is 0.338 e. The molecule has 1 aliphatic heterocycles. The van der Waals surface area contributed by atoms with E-state index in [9.17, 15) is 19.5 Å². The van der Waals surface area contributed by atoms with Crippen molar-refractivity contribution < 1.29 is 33.4 Å². The van der Waals surface area contributed by atoms with Crippen LogP contribution in [0.1, 0.15) is 35.0 Å². The van der Waals surface area contributed by atoms with Crippen LogP contribution in [0.5, 0.6) is 5.95 Å². The first-order valence-corrected chi connectivity index (χ1v) is 11.9. The monoisotopic (exact) mass is 523 g/mol. The second-order valence-electron chi connectivity index (χ2n) is 8.42. The Bertz CT molecular complexity index is 1320. The van der Waals surface area contributed by atoms with Crippen LogP contribution in [0.3, 0.4) is 0 Å². The van der Waals surface area contributed by atoms with Crippen LogP contribution in [-0.2, 0) is 27.9 Å². The predicted molar refractivity (Wildman–Crippen MR) is 133 cm³/mol. The highest BCUT2D eigenvalue weighted by atomic mass is 32.1. The number of aryl methyl sites for hydroxylation is 2. The summed E-state index contributed by atoms with van der Waals surface area (Å²) in [6.45, 7) is 3.82. The molecule has 0 spiro atoms. The Morgan fingerprint density at radius 1 is 1.19 bits per heavy atom. The van der Waals surface area contributed by atoms with E-state index in [4.69, 9.17) is 21.5 Å². The molecule has 4 rings (SSSR count). The fourth-order valence-electron chi connectivity index (χ4n) is 3.90. The number of hydrogen-bond donors (Lipinski definition) is 1. The molecule has 0 bridgehead atoms. The molecule has 192 valence electrons. The van der Waals surface area contributed by atoms with Gasteiger partial charge in [-0.25, -0.2) is 4.79 Å². The fourth-order valence-corrected chi connectivity index (χ4v) is 4.28. The molecule has 1 fully saturated rings. The molecule has 2 amide bonds. The van der Waals surface area contributed by atoms with Crippen molar-refractivity contribution >= 4 is 46.5 Å². The van der Waals surface area contributed by atoms with Crippen LogP contribution in [0.15, 0.2) is 53.1 Å². The molecule has 37 heavy (non-hydrogen) atoms. The summed E-state index contributed by atoms with van der Waals surface area (Å²) in [6, 6.07) is 12.5. The van der Waals surface area contributed by atoms with E-state index in [1.165, 1.54) is 26.6 Å².